The summed E-state index contributed by atoms with van der Waals surface area (Å²) in [5.74, 6) is 0. The molecule has 0 aromatic heterocycles. The van der Waals surface area contributed by atoms with E-state index in [-0.39, 0.29) is 5.54 Å². The molecule has 0 amide bonds. The lowest BCUT2D eigenvalue weighted by atomic mass is 10.1. The van der Waals surface area contributed by atoms with Crippen molar-refractivity contribution in [3.8, 4) is 0 Å². The van der Waals surface area contributed by atoms with E-state index in [1.807, 2.05) is 0 Å². The maximum Gasteiger partial charge on any atom is 0.0701 e. The second-order valence-corrected chi connectivity index (χ2v) is 6.14. The molecule has 120 valence electrons. The third-order valence-electron chi connectivity index (χ3n) is 3.71. The molecule has 1 aliphatic rings. The zero-order chi connectivity index (χ0) is 14.8. The van der Waals surface area contributed by atoms with Crippen LogP contribution >= 0.6 is 0 Å². The van der Waals surface area contributed by atoms with E-state index >= 15 is 0 Å². The lowest BCUT2D eigenvalue weighted by molar-refractivity contribution is 0.0160. The van der Waals surface area contributed by atoms with Gasteiger partial charge in [0, 0.05) is 31.8 Å². The molecule has 1 rings (SSSR count). The van der Waals surface area contributed by atoms with Crippen LogP contribution in [0.1, 0.15) is 27.2 Å². The average Bonchev–Trinajstić information content (AvgIpc) is 2.51. The molecule has 0 aromatic carbocycles. The predicted octanol–water partition coefficient (Wildman–Crippen LogP) is 1.13. The van der Waals surface area contributed by atoms with Crippen molar-refractivity contribution in [2.24, 2.45) is 0 Å². The number of hydrogen-bond donors (Lipinski definition) is 1. The summed E-state index contributed by atoms with van der Waals surface area (Å²) in [6.45, 7) is 13.4. The Labute approximate surface area is 123 Å². The summed E-state index contributed by atoms with van der Waals surface area (Å²) in [5.41, 5.74) is 0.189. The van der Waals surface area contributed by atoms with Gasteiger partial charge in [-0.05, 0) is 33.7 Å². The number of ether oxygens (including phenoxy) is 3. The van der Waals surface area contributed by atoms with E-state index in [4.69, 9.17) is 14.2 Å². The standard InChI is InChI=1S/C15H32N2O3/c1-14-5-6-16-15(2,3)13-17(14)7-8-19-11-12-20-10-9-18-4/h14,16H,5-13H2,1-4H3. The molecule has 0 radical (unpaired) electrons. The van der Waals surface area contributed by atoms with Gasteiger partial charge in [-0.15, -0.1) is 0 Å². The van der Waals surface area contributed by atoms with Crippen LogP contribution in [-0.4, -0.2) is 76.3 Å². The highest BCUT2D eigenvalue weighted by Crippen LogP contribution is 2.15. The third-order valence-corrected chi connectivity index (χ3v) is 3.71. The SMILES string of the molecule is COCCOCCOCCN1CC(C)(C)NCCC1C. The minimum Gasteiger partial charge on any atom is -0.382 e. The quantitative estimate of drug-likeness (QED) is 0.644. The minimum atomic E-state index is 0.189. The van der Waals surface area contributed by atoms with Gasteiger partial charge in [0.15, 0.2) is 0 Å². The number of hydrogen-bond acceptors (Lipinski definition) is 5. The molecule has 5 nitrogen and oxygen atoms in total. The summed E-state index contributed by atoms with van der Waals surface area (Å²) >= 11 is 0. The van der Waals surface area contributed by atoms with Crippen LogP contribution in [0.25, 0.3) is 0 Å². The van der Waals surface area contributed by atoms with Gasteiger partial charge in [-0.1, -0.05) is 0 Å². The molecule has 5 heteroatoms. The third kappa shape index (κ3) is 7.55. The van der Waals surface area contributed by atoms with Crippen molar-refractivity contribution in [1.29, 1.82) is 0 Å². The lowest BCUT2D eigenvalue weighted by Gasteiger charge is -2.32. The maximum absolute atomic E-state index is 5.65. The first-order valence-electron chi connectivity index (χ1n) is 7.68. The number of rotatable bonds is 9. The van der Waals surface area contributed by atoms with Crippen LogP contribution < -0.4 is 5.32 Å². The molecule has 1 fully saturated rings. The fraction of sp³-hybridized carbons (Fsp3) is 1.00. The van der Waals surface area contributed by atoms with Gasteiger partial charge >= 0.3 is 0 Å². The summed E-state index contributed by atoms with van der Waals surface area (Å²) in [5, 5.41) is 3.60. The fourth-order valence-corrected chi connectivity index (χ4v) is 2.47. The van der Waals surface area contributed by atoms with E-state index < -0.39 is 0 Å². The Balaban J connectivity index is 2.10. The van der Waals surface area contributed by atoms with Crippen molar-refractivity contribution in [3.63, 3.8) is 0 Å². The average molecular weight is 288 g/mol. The molecule has 0 saturated carbocycles. The molecule has 1 N–H and O–H groups in total. The van der Waals surface area contributed by atoms with Gasteiger partial charge in [0.05, 0.1) is 33.0 Å². The second-order valence-electron chi connectivity index (χ2n) is 6.14. The van der Waals surface area contributed by atoms with Crippen LogP contribution in [0.15, 0.2) is 0 Å². The number of methoxy groups -OCH3 is 1. The summed E-state index contributed by atoms with van der Waals surface area (Å²) in [7, 11) is 1.68. The Morgan fingerprint density at radius 1 is 1.10 bits per heavy atom. The molecule has 1 unspecified atom stereocenters. The molecule has 1 heterocycles. The van der Waals surface area contributed by atoms with Gasteiger partial charge in [0.1, 0.15) is 0 Å². The zero-order valence-electron chi connectivity index (χ0n) is 13.6. The smallest absolute Gasteiger partial charge is 0.0701 e. The monoisotopic (exact) mass is 288 g/mol. The van der Waals surface area contributed by atoms with Gasteiger partial charge in [-0.2, -0.15) is 0 Å². The fourth-order valence-electron chi connectivity index (χ4n) is 2.47. The highest BCUT2D eigenvalue weighted by molar-refractivity contribution is 4.87. The second kappa shape index (κ2) is 9.68. The van der Waals surface area contributed by atoms with Crippen LogP contribution in [0.3, 0.4) is 0 Å². The predicted molar refractivity (Wildman–Crippen MR) is 81.2 cm³/mol. The molecule has 0 aliphatic carbocycles. The van der Waals surface area contributed by atoms with E-state index in [1.165, 1.54) is 6.42 Å². The van der Waals surface area contributed by atoms with Crippen molar-refractivity contribution in [1.82, 2.24) is 10.2 Å². The molecule has 20 heavy (non-hydrogen) atoms. The molecule has 1 atom stereocenters. The molecular formula is C15H32N2O3. The summed E-state index contributed by atoms with van der Waals surface area (Å²) in [4.78, 5) is 2.52. The van der Waals surface area contributed by atoms with Gasteiger partial charge in [0.2, 0.25) is 0 Å². The highest BCUT2D eigenvalue weighted by atomic mass is 16.5. The lowest BCUT2D eigenvalue weighted by Crippen LogP contribution is -2.48. The minimum absolute atomic E-state index is 0.189. The zero-order valence-corrected chi connectivity index (χ0v) is 13.6. The Kier molecular flexibility index (Phi) is 8.64. The van der Waals surface area contributed by atoms with E-state index in [9.17, 15) is 0 Å². The van der Waals surface area contributed by atoms with E-state index in [0.717, 1.165) is 26.2 Å². The molecular weight excluding hydrogens is 256 g/mol. The summed E-state index contributed by atoms with van der Waals surface area (Å²) in [6.07, 6.45) is 1.20. The molecule has 0 spiro atoms. The first kappa shape index (κ1) is 17.9. The van der Waals surface area contributed by atoms with Gasteiger partial charge in [-0.25, -0.2) is 0 Å². The molecule has 1 aliphatic heterocycles. The molecule has 0 bridgehead atoms. The summed E-state index contributed by atoms with van der Waals surface area (Å²) < 4.78 is 15.9. The normalized spacial score (nSPS) is 23.7. The van der Waals surface area contributed by atoms with E-state index in [1.54, 1.807) is 7.11 Å². The van der Waals surface area contributed by atoms with Crippen LogP contribution in [0.2, 0.25) is 0 Å². The van der Waals surface area contributed by atoms with E-state index in [2.05, 4.69) is 31.0 Å². The topological polar surface area (TPSA) is 43.0 Å². The van der Waals surface area contributed by atoms with Crippen molar-refractivity contribution in [2.75, 3.05) is 59.8 Å². The van der Waals surface area contributed by atoms with Crippen molar-refractivity contribution >= 4 is 0 Å². The van der Waals surface area contributed by atoms with Crippen molar-refractivity contribution in [3.05, 3.63) is 0 Å². The number of nitrogens with zero attached hydrogens (tertiary/aromatic N) is 1. The molecule has 1 saturated heterocycles. The Morgan fingerprint density at radius 2 is 1.75 bits per heavy atom. The Bertz CT molecular complexity index is 249. The maximum atomic E-state index is 5.65. The van der Waals surface area contributed by atoms with Crippen LogP contribution in [0, 0.1) is 0 Å². The number of nitrogens with one attached hydrogen (secondary N) is 1. The summed E-state index contributed by atoms with van der Waals surface area (Å²) in [6, 6.07) is 0.617. The highest BCUT2D eigenvalue weighted by Gasteiger charge is 2.27. The van der Waals surface area contributed by atoms with E-state index in [0.29, 0.717) is 32.5 Å². The van der Waals surface area contributed by atoms with Crippen LogP contribution in [0.4, 0.5) is 0 Å². The van der Waals surface area contributed by atoms with Crippen molar-refractivity contribution in [2.45, 2.75) is 38.8 Å². The van der Waals surface area contributed by atoms with Crippen LogP contribution in [0.5, 0.6) is 0 Å². The Morgan fingerprint density at radius 3 is 2.45 bits per heavy atom. The van der Waals surface area contributed by atoms with Crippen molar-refractivity contribution < 1.29 is 14.2 Å². The van der Waals surface area contributed by atoms with Gasteiger partial charge in [-0.3, -0.25) is 4.90 Å². The first-order chi connectivity index (χ1) is 9.55. The largest absolute Gasteiger partial charge is 0.382 e. The first-order valence-corrected chi connectivity index (χ1v) is 7.68. The van der Waals surface area contributed by atoms with Gasteiger partial charge in [0.25, 0.3) is 0 Å². The van der Waals surface area contributed by atoms with Crippen LogP contribution in [-0.2, 0) is 14.2 Å². The van der Waals surface area contributed by atoms with Gasteiger partial charge < -0.3 is 19.5 Å². The molecule has 0 aromatic rings. The Hall–Kier alpha value is -0.200.